The SMILES string of the molecule is CC(C)CCC(N)CC(C)C. The van der Waals surface area contributed by atoms with Gasteiger partial charge in [-0.05, 0) is 31.1 Å². The van der Waals surface area contributed by atoms with E-state index in [1.165, 1.54) is 19.3 Å². The Morgan fingerprint density at radius 1 is 0.909 bits per heavy atom. The minimum Gasteiger partial charge on any atom is -0.328 e. The molecule has 1 nitrogen and oxygen atoms in total. The molecule has 0 spiro atoms. The van der Waals surface area contributed by atoms with Crippen LogP contribution in [0.4, 0.5) is 0 Å². The Balaban J connectivity index is 3.29. The molecule has 0 amide bonds. The van der Waals surface area contributed by atoms with E-state index < -0.39 is 0 Å². The summed E-state index contributed by atoms with van der Waals surface area (Å²) in [5.74, 6) is 1.55. The molecule has 1 atom stereocenters. The molecule has 0 aromatic heterocycles. The number of hydrogen-bond acceptors (Lipinski definition) is 1. The third-order valence-corrected chi connectivity index (χ3v) is 1.89. The van der Waals surface area contributed by atoms with Crippen molar-refractivity contribution in [1.82, 2.24) is 0 Å². The summed E-state index contributed by atoms with van der Waals surface area (Å²) >= 11 is 0. The lowest BCUT2D eigenvalue weighted by Gasteiger charge is -2.14. The zero-order valence-corrected chi connectivity index (χ0v) is 8.43. The number of rotatable bonds is 5. The zero-order valence-electron chi connectivity index (χ0n) is 8.43. The van der Waals surface area contributed by atoms with E-state index in [9.17, 15) is 0 Å². The van der Waals surface area contributed by atoms with E-state index in [0.29, 0.717) is 6.04 Å². The van der Waals surface area contributed by atoms with Crippen molar-refractivity contribution in [2.45, 2.75) is 53.0 Å². The molecule has 0 bridgehead atoms. The van der Waals surface area contributed by atoms with Crippen molar-refractivity contribution in [3.8, 4) is 0 Å². The van der Waals surface area contributed by atoms with Crippen LogP contribution in [0.25, 0.3) is 0 Å². The van der Waals surface area contributed by atoms with E-state index in [4.69, 9.17) is 5.73 Å². The van der Waals surface area contributed by atoms with E-state index in [0.717, 1.165) is 11.8 Å². The fourth-order valence-corrected chi connectivity index (χ4v) is 1.27. The van der Waals surface area contributed by atoms with Gasteiger partial charge in [-0.15, -0.1) is 0 Å². The summed E-state index contributed by atoms with van der Waals surface area (Å²) in [6, 6.07) is 0.428. The van der Waals surface area contributed by atoms with Gasteiger partial charge < -0.3 is 5.73 Å². The molecule has 0 aliphatic carbocycles. The molecule has 0 aromatic carbocycles. The average molecular weight is 157 g/mol. The molecule has 1 unspecified atom stereocenters. The molecule has 0 aliphatic rings. The van der Waals surface area contributed by atoms with Crippen molar-refractivity contribution in [2.24, 2.45) is 17.6 Å². The summed E-state index contributed by atoms with van der Waals surface area (Å²) in [6.07, 6.45) is 3.64. The predicted molar refractivity (Wildman–Crippen MR) is 51.5 cm³/mol. The molecule has 0 saturated carbocycles. The molecular weight excluding hydrogens is 134 g/mol. The van der Waals surface area contributed by atoms with Crippen molar-refractivity contribution < 1.29 is 0 Å². The quantitative estimate of drug-likeness (QED) is 0.652. The predicted octanol–water partition coefficient (Wildman–Crippen LogP) is 2.80. The van der Waals surface area contributed by atoms with Crippen LogP contribution in [-0.2, 0) is 0 Å². The Kier molecular flexibility index (Phi) is 5.57. The van der Waals surface area contributed by atoms with E-state index in [-0.39, 0.29) is 0 Å². The highest BCUT2D eigenvalue weighted by Crippen LogP contribution is 2.11. The van der Waals surface area contributed by atoms with Crippen molar-refractivity contribution in [2.75, 3.05) is 0 Å². The second-order valence-corrected chi connectivity index (χ2v) is 4.36. The summed E-state index contributed by atoms with van der Waals surface area (Å²) in [6.45, 7) is 8.97. The van der Waals surface area contributed by atoms with Gasteiger partial charge in [0.15, 0.2) is 0 Å². The van der Waals surface area contributed by atoms with Gasteiger partial charge in [0.25, 0.3) is 0 Å². The fourth-order valence-electron chi connectivity index (χ4n) is 1.27. The third kappa shape index (κ3) is 7.86. The van der Waals surface area contributed by atoms with Gasteiger partial charge >= 0.3 is 0 Å². The monoisotopic (exact) mass is 157 g/mol. The molecule has 11 heavy (non-hydrogen) atoms. The highest BCUT2D eigenvalue weighted by molar-refractivity contribution is 4.64. The average Bonchev–Trinajstić information content (AvgIpc) is 1.82. The molecule has 0 heterocycles. The third-order valence-electron chi connectivity index (χ3n) is 1.89. The lowest BCUT2D eigenvalue weighted by Crippen LogP contribution is -2.22. The molecule has 0 fully saturated rings. The van der Waals surface area contributed by atoms with Crippen molar-refractivity contribution in [3.05, 3.63) is 0 Å². The lowest BCUT2D eigenvalue weighted by atomic mass is 9.97. The molecule has 0 rings (SSSR count). The van der Waals surface area contributed by atoms with Crippen LogP contribution in [0.3, 0.4) is 0 Å². The first-order chi connectivity index (χ1) is 5.02. The zero-order chi connectivity index (χ0) is 8.85. The molecule has 0 radical (unpaired) electrons. The van der Waals surface area contributed by atoms with E-state index in [1.54, 1.807) is 0 Å². The van der Waals surface area contributed by atoms with Crippen LogP contribution in [0.2, 0.25) is 0 Å². The maximum atomic E-state index is 5.92. The molecule has 1 heteroatoms. The van der Waals surface area contributed by atoms with Gasteiger partial charge in [-0.2, -0.15) is 0 Å². The maximum absolute atomic E-state index is 5.92. The summed E-state index contributed by atoms with van der Waals surface area (Å²) in [4.78, 5) is 0. The molecule has 68 valence electrons. The Morgan fingerprint density at radius 2 is 1.45 bits per heavy atom. The van der Waals surface area contributed by atoms with Crippen molar-refractivity contribution in [3.63, 3.8) is 0 Å². The van der Waals surface area contributed by atoms with Crippen LogP contribution in [0.5, 0.6) is 0 Å². The van der Waals surface area contributed by atoms with Gasteiger partial charge in [0.1, 0.15) is 0 Å². The lowest BCUT2D eigenvalue weighted by molar-refractivity contribution is 0.431. The maximum Gasteiger partial charge on any atom is 0.00413 e. The summed E-state index contributed by atoms with van der Waals surface area (Å²) in [5.41, 5.74) is 5.92. The highest BCUT2D eigenvalue weighted by Gasteiger charge is 2.05. The van der Waals surface area contributed by atoms with Crippen LogP contribution < -0.4 is 5.73 Å². The summed E-state index contributed by atoms with van der Waals surface area (Å²) in [5, 5.41) is 0. The Labute approximate surface area is 71.4 Å². The van der Waals surface area contributed by atoms with Gasteiger partial charge in [0.05, 0.1) is 0 Å². The van der Waals surface area contributed by atoms with E-state index in [1.807, 2.05) is 0 Å². The largest absolute Gasteiger partial charge is 0.328 e. The van der Waals surface area contributed by atoms with Gasteiger partial charge in [0.2, 0.25) is 0 Å². The Bertz CT molecular complexity index is 86.9. The van der Waals surface area contributed by atoms with Crippen LogP contribution in [0, 0.1) is 11.8 Å². The van der Waals surface area contributed by atoms with Gasteiger partial charge in [-0.3, -0.25) is 0 Å². The van der Waals surface area contributed by atoms with Gasteiger partial charge in [-0.1, -0.05) is 27.7 Å². The number of nitrogens with two attached hydrogens (primary N) is 1. The van der Waals surface area contributed by atoms with Crippen LogP contribution in [0.15, 0.2) is 0 Å². The molecular formula is C10H23N. The number of hydrogen-bond donors (Lipinski definition) is 1. The fraction of sp³-hybridized carbons (Fsp3) is 1.00. The van der Waals surface area contributed by atoms with Crippen LogP contribution in [-0.4, -0.2) is 6.04 Å². The first-order valence-corrected chi connectivity index (χ1v) is 4.78. The van der Waals surface area contributed by atoms with Crippen molar-refractivity contribution in [1.29, 1.82) is 0 Å². The second kappa shape index (κ2) is 5.59. The van der Waals surface area contributed by atoms with Gasteiger partial charge in [-0.25, -0.2) is 0 Å². The van der Waals surface area contributed by atoms with Crippen LogP contribution in [0.1, 0.15) is 47.0 Å². The molecule has 2 N–H and O–H groups in total. The first kappa shape index (κ1) is 11.0. The minimum atomic E-state index is 0.428. The van der Waals surface area contributed by atoms with Gasteiger partial charge in [0, 0.05) is 6.04 Å². The highest BCUT2D eigenvalue weighted by atomic mass is 14.6. The van der Waals surface area contributed by atoms with Crippen LogP contribution >= 0.6 is 0 Å². The van der Waals surface area contributed by atoms with E-state index >= 15 is 0 Å². The molecule has 0 aromatic rings. The van der Waals surface area contributed by atoms with Crippen molar-refractivity contribution >= 4 is 0 Å². The summed E-state index contributed by atoms with van der Waals surface area (Å²) < 4.78 is 0. The smallest absolute Gasteiger partial charge is 0.00413 e. The first-order valence-electron chi connectivity index (χ1n) is 4.78. The summed E-state index contributed by atoms with van der Waals surface area (Å²) in [7, 11) is 0. The van der Waals surface area contributed by atoms with E-state index in [2.05, 4.69) is 27.7 Å². The topological polar surface area (TPSA) is 26.0 Å². The molecule has 0 aliphatic heterocycles. The Hall–Kier alpha value is -0.0400. The second-order valence-electron chi connectivity index (χ2n) is 4.36. The minimum absolute atomic E-state index is 0.428. The standard InChI is InChI=1S/C10H23N/c1-8(2)5-6-10(11)7-9(3)4/h8-10H,5-7,11H2,1-4H3. The Morgan fingerprint density at radius 3 is 1.82 bits per heavy atom. The normalized spacial score (nSPS) is 14.5. The molecule has 0 saturated heterocycles.